The normalized spacial score (nSPS) is 17.6. The number of aliphatic carboxylic acids is 2. The van der Waals surface area contributed by atoms with Crippen LogP contribution < -0.4 is 5.32 Å². The van der Waals surface area contributed by atoms with Crippen molar-refractivity contribution in [3.63, 3.8) is 0 Å². The molecule has 0 aromatic rings. The van der Waals surface area contributed by atoms with Gasteiger partial charge < -0.3 is 15.5 Å². The van der Waals surface area contributed by atoms with Crippen LogP contribution in [0.1, 0.15) is 64.2 Å². The minimum Gasteiger partial charge on any atom is -0.481 e. The van der Waals surface area contributed by atoms with Crippen molar-refractivity contribution in [2.45, 2.75) is 75.5 Å². The Labute approximate surface area is 161 Å². The van der Waals surface area contributed by atoms with Gasteiger partial charge in [-0.2, -0.15) is 0 Å². The van der Waals surface area contributed by atoms with Gasteiger partial charge in [-0.1, -0.05) is 28.0 Å². The molecule has 0 aromatic heterocycles. The summed E-state index contributed by atoms with van der Waals surface area (Å²) >= 11 is 0. The summed E-state index contributed by atoms with van der Waals surface area (Å²) < 4.78 is 0. The predicted molar refractivity (Wildman–Crippen MR) is 102 cm³/mol. The van der Waals surface area contributed by atoms with Crippen LogP contribution in [0.5, 0.6) is 0 Å². The van der Waals surface area contributed by atoms with Gasteiger partial charge in [-0.3, -0.25) is 19.2 Å². The molecule has 0 saturated carbocycles. The lowest BCUT2D eigenvalue weighted by Gasteiger charge is -2.17. The highest BCUT2D eigenvalue weighted by molar-refractivity contribution is 8.77. The smallest absolute Gasteiger partial charge is 0.303 e. The second-order valence-electron chi connectivity index (χ2n) is 6.34. The molecule has 0 aromatic carbocycles. The van der Waals surface area contributed by atoms with E-state index < -0.39 is 18.0 Å². The summed E-state index contributed by atoms with van der Waals surface area (Å²) in [5.41, 5.74) is 0. The van der Waals surface area contributed by atoms with Gasteiger partial charge in [0.2, 0.25) is 5.91 Å². The number of rotatable bonds is 14. The Morgan fingerprint density at radius 2 is 1.69 bits per heavy atom. The van der Waals surface area contributed by atoms with Gasteiger partial charge in [-0.15, -0.1) is 0 Å². The molecule has 0 bridgehead atoms. The van der Waals surface area contributed by atoms with Crippen molar-refractivity contribution in [2.75, 3.05) is 5.75 Å². The third-order valence-corrected chi connectivity index (χ3v) is 7.10. The quantitative estimate of drug-likeness (QED) is 0.298. The number of unbranched alkanes of at least 4 members (excludes halogenated alkanes) is 1. The number of ketones is 1. The Balaban J connectivity index is 2.33. The highest BCUT2D eigenvalue weighted by Gasteiger charge is 2.22. The molecule has 0 radical (unpaired) electrons. The van der Waals surface area contributed by atoms with E-state index in [1.165, 1.54) is 12.2 Å². The summed E-state index contributed by atoms with van der Waals surface area (Å²) in [6.45, 7) is 0. The van der Waals surface area contributed by atoms with E-state index in [1.807, 2.05) is 21.6 Å². The molecule has 1 heterocycles. The van der Waals surface area contributed by atoms with E-state index in [1.54, 1.807) is 0 Å². The monoisotopic (exact) mass is 405 g/mol. The molecule has 1 fully saturated rings. The molecule has 0 spiro atoms. The molecule has 9 heteroatoms. The Kier molecular flexibility index (Phi) is 11.4. The number of nitrogens with one attached hydrogen (secondary N) is 1. The van der Waals surface area contributed by atoms with Crippen molar-refractivity contribution in [1.82, 2.24) is 5.32 Å². The largest absolute Gasteiger partial charge is 0.481 e. The van der Waals surface area contributed by atoms with Gasteiger partial charge in [-0.25, -0.2) is 0 Å². The number of hydrogen-bond donors (Lipinski definition) is 3. The Morgan fingerprint density at radius 1 is 0.962 bits per heavy atom. The third kappa shape index (κ3) is 10.7. The second-order valence-corrected chi connectivity index (χ2v) is 9.13. The van der Waals surface area contributed by atoms with E-state index in [-0.39, 0.29) is 43.8 Å². The number of hydrogen-bond acceptors (Lipinski definition) is 6. The van der Waals surface area contributed by atoms with E-state index in [0.717, 1.165) is 19.3 Å². The van der Waals surface area contributed by atoms with Crippen molar-refractivity contribution in [3.8, 4) is 0 Å². The number of amides is 1. The lowest BCUT2D eigenvalue weighted by atomic mass is 10.0. The average molecular weight is 406 g/mol. The molecule has 26 heavy (non-hydrogen) atoms. The van der Waals surface area contributed by atoms with Gasteiger partial charge in [0.25, 0.3) is 0 Å². The standard InChI is InChI=1S/C17H27NO6S2/c19-14(5-3-7-16(21)22)13(8-9-17(23)24)18-15(20)6-2-1-4-12-10-11-25-26-12/h12-13H,1-11H2,(H,18,20)(H,21,22)(H,23,24). The SMILES string of the molecule is O=C(O)CCCC(=O)C(CCC(=O)O)NC(=O)CCCCC1CCSS1. The average Bonchev–Trinajstić information content (AvgIpc) is 3.08. The molecule has 0 aliphatic carbocycles. The minimum absolute atomic E-state index is 0.0213. The fourth-order valence-corrected chi connectivity index (χ4v) is 5.69. The van der Waals surface area contributed by atoms with E-state index in [0.29, 0.717) is 11.7 Å². The summed E-state index contributed by atoms with van der Waals surface area (Å²) in [4.78, 5) is 45.5. The van der Waals surface area contributed by atoms with Crippen LogP contribution in [0.15, 0.2) is 0 Å². The zero-order valence-electron chi connectivity index (χ0n) is 14.8. The fourth-order valence-electron chi connectivity index (χ4n) is 2.66. The number of carbonyl (C=O) groups is 4. The molecule has 1 aliphatic rings. The Bertz CT molecular complexity index is 494. The molecule has 1 amide bonds. The van der Waals surface area contributed by atoms with Crippen molar-refractivity contribution in [3.05, 3.63) is 0 Å². The predicted octanol–water partition coefficient (Wildman–Crippen LogP) is 2.87. The molecule has 2 atom stereocenters. The summed E-state index contributed by atoms with van der Waals surface area (Å²) in [5.74, 6) is -1.39. The van der Waals surface area contributed by atoms with Crippen LogP contribution in [-0.2, 0) is 19.2 Å². The zero-order valence-corrected chi connectivity index (χ0v) is 16.4. The first-order chi connectivity index (χ1) is 12.4. The molecule has 1 rings (SSSR count). The van der Waals surface area contributed by atoms with Crippen molar-refractivity contribution in [2.24, 2.45) is 0 Å². The molecule has 1 saturated heterocycles. The van der Waals surface area contributed by atoms with Gasteiger partial charge in [0, 0.05) is 36.7 Å². The number of carboxylic acids is 2. The zero-order chi connectivity index (χ0) is 19.4. The lowest BCUT2D eigenvalue weighted by molar-refractivity contribution is -0.138. The van der Waals surface area contributed by atoms with E-state index >= 15 is 0 Å². The van der Waals surface area contributed by atoms with E-state index in [9.17, 15) is 19.2 Å². The van der Waals surface area contributed by atoms with Crippen LogP contribution in [0.25, 0.3) is 0 Å². The summed E-state index contributed by atoms with van der Waals surface area (Å²) in [5, 5.41) is 20.7. The molecule has 148 valence electrons. The maximum Gasteiger partial charge on any atom is 0.303 e. The van der Waals surface area contributed by atoms with Crippen molar-refractivity contribution < 1.29 is 29.4 Å². The second kappa shape index (κ2) is 13.0. The number of carbonyl (C=O) groups excluding carboxylic acids is 2. The summed E-state index contributed by atoms with van der Waals surface area (Å²) in [6, 6.07) is -0.853. The van der Waals surface area contributed by atoms with Crippen LogP contribution in [0.4, 0.5) is 0 Å². The maximum absolute atomic E-state index is 12.2. The first-order valence-electron chi connectivity index (χ1n) is 8.92. The first-order valence-corrected chi connectivity index (χ1v) is 11.3. The molecular formula is C17H27NO6S2. The molecular weight excluding hydrogens is 378 g/mol. The molecule has 3 N–H and O–H groups in total. The van der Waals surface area contributed by atoms with Crippen LogP contribution in [0, 0.1) is 0 Å². The van der Waals surface area contributed by atoms with Crippen molar-refractivity contribution >= 4 is 45.2 Å². The third-order valence-electron chi connectivity index (χ3n) is 4.09. The van der Waals surface area contributed by atoms with Crippen LogP contribution in [0.3, 0.4) is 0 Å². The number of Topliss-reactive ketones (excluding diaryl/α,β-unsaturated/α-hetero) is 1. The van der Waals surface area contributed by atoms with Gasteiger partial charge in [-0.05, 0) is 32.1 Å². The fraction of sp³-hybridized carbons (Fsp3) is 0.765. The molecule has 7 nitrogen and oxygen atoms in total. The van der Waals surface area contributed by atoms with Gasteiger partial charge >= 0.3 is 11.9 Å². The Morgan fingerprint density at radius 3 is 2.31 bits per heavy atom. The number of carboxylic acid groups (broad SMARTS) is 2. The van der Waals surface area contributed by atoms with Crippen LogP contribution in [0.2, 0.25) is 0 Å². The van der Waals surface area contributed by atoms with Gasteiger partial charge in [0.15, 0.2) is 5.78 Å². The maximum atomic E-state index is 12.2. The summed E-state index contributed by atoms with van der Waals surface area (Å²) in [7, 11) is 3.80. The van der Waals surface area contributed by atoms with Crippen LogP contribution in [-0.4, -0.2) is 50.9 Å². The topological polar surface area (TPSA) is 121 Å². The van der Waals surface area contributed by atoms with E-state index in [4.69, 9.17) is 10.2 Å². The van der Waals surface area contributed by atoms with Crippen molar-refractivity contribution in [1.29, 1.82) is 0 Å². The molecule has 1 aliphatic heterocycles. The van der Waals surface area contributed by atoms with Crippen LogP contribution >= 0.6 is 21.6 Å². The summed E-state index contributed by atoms with van der Waals surface area (Å²) in [6.07, 6.45) is 4.21. The van der Waals surface area contributed by atoms with Gasteiger partial charge in [0.05, 0.1) is 6.04 Å². The first kappa shape index (κ1) is 22.8. The Hall–Kier alpha value is -1.22. The van der Waals surface area contributed by atoms with E-state index in [2.05, 4.69) is 5.32 Å². The minimum atomic E-state index is -1.03. The highest BCUT2D eigenvalue weighted by atomic mass is 33.1. The highest BCUT2D eigenvalue weighted by Crippen LogP contribution is 2.39. The molecule has 2 unspecified atom stereocenters. The van der Waals surface area contributed by atoms with Gasteiger partial charge in [0.1, 0.15) is 0 Å². The lowest BCUT2D eigenvalue weighted by Crippen LogP contribution is -2.41.